The molecule has 3 heteroatoms. The zero-order valence-corrected chi connectivity index (χ0v) is 13.6. The van der Waals surface area contributed by atoms with E-state index in [1.807, 2.05) is 0 Å². The van der Waals surface area contributed by atoms with E-state index in [1.54, 1.807) is 0 Å². The van der Waals surface area contributed by atoms with Crippen molar-refractivity contribution >= 4 is 0 Å². The predicted octanol–water partition coefficient (Wildman–Crippen LogP) is 3.52. The monoisotopic (exact) mass is 283 g/mol. The number of ether oxygens (including phenoxy) is 2. The van der Waals surface area contributed by atoms with Crippen LogP contribution >= 0.6 is 0 Å². The molecule has 0 radical (unpaired) electrons. The summed E-state index contributed by atoms with van der Waals surface area (Å²) in [6.45, 7) is 8.48. The fourth-order valence-electron chi connectivity index (χ4n) is 3.64. The minimum absolute atomic E-state index is 0.272. The van der Waals surface area contributed by atoms with Gasteiger partial charge in [0, 0.05) is 12.6 Å². The lowest BCUT2D eigenvalue weighted by atomic mass is 9.82. The van der Waals surface area contributed by atoms with Crippen LogP contribution in [0.2, 0.25) is 0 Å². The lowest BCUT2D eigenvalue weighted by Crippen LogP contribution is -2.61. The summed E-state index contributed by atoms with van der Waals surface area (Å²) in [4.78, 5) is 0. The molecular weight excluding hydrogens is 250 g/mol. The van der Waals surface area contributed by atoms with Crippen molar-refractivity contribution in [2.75, 3.05) is 13.2 Å². The zero-order chi connectivity index (χ0) is 14.4. The highest BCUT2D eigenvalue weighted by Crippen LogP contribution is 2.34. The van der Waals surface area contributed by atoms with Crippen LogP contribution in [0, 0.1) is 5.92 Å². The van der Waals surface area contributed by atoms with E-state index in [0.29, 0.717) is 18.2 Å². The second kappa shape index (κ2) is 8.35. The molecule has 2 aliphatic carbocycles. The van der Waals surface area contributed by atoms with Crippen molar-refractivity contribution in [1.29, 1.82) is 0 Å². The van der Waals surface area contributed by atoms with Crippen LogP contribution in [0.1, 0.15) is 65.7 Å². The van der Waals surface area contributed by atoms with Crippen molar-refractivity contribution in [2.24, 2.45) is 5.92 Å². The quantitative estimate of drug-likeness (QED) is 0.739. The Morgan fingerprint density at radius 1 is 1.10 bits per heavy atom. The van der Waals surface area contributed by atoms with Crippen LogP contribution in [0.3, 0.4) is 0 Å². The van der Waals surface area contributed by atoms with Gasteiger partial charge in [-0.05, 0) is 45.1 Å². The van der Waals surface area contributed by atoms with Crippen LogP contribution < -0.4 is 5.32 Å². The number of hydrogen-bond acceptors (Lipinski definition) is 3. The van der Waals surface area contributed by atoms with E-state index in [9.17, 15) is 0 Å². The van der Waals surface area contributed by atoms with Crippen molar-refractivity contribution < 1.29 is 9.47 Å². The molecular formula is C17H33NO2. The summed E-state index contributed by atoms with van der Waals surface area (Å²) in [5, 5.41) is 3.59. The van der Waals surface area contributed by atoms with E-state index in [-0.39, 0.29) is 6.10 Å². The summed E-state index contributed by atoms with van der Waals surface area (Å²) in [6.07, 6.45) is 9.94. The van der Waals surface area contributed by atoms with Crippen LogP contribution in [0.25, 0.3) is 0 Å². The van der Waals surface area contributed by atoms with E-state index >= 15 is 0 Å². The van der Waals surface area contributed by atoms with Gasteiger partial charge in [0.25, 0.3) is 0 Å². The van der Waals surface area contributed by atoms with Gasteiger partial charge in [-0.2, -0.15) is 0 Å². The lowest BCUT2D eigenvalue weighted by molar-refractivity contribution is -0.173. The minimum Gasteiger partial charge on any atom is -0.374 e. The Labute approximate surface area is 124 Å². The molecule has 5 unspecified atom stereocenters. The van der Waals surface area contributed by atoms with Crippen molar-refractivity contribution in [3.63, 3.8) is 0 Å². The molecule has 2 aliphatic rings. The van der Waals surface area contributed by atoms with Gasteiger partial charge in [0.1, 0.15) is 0 Å². The normalized spacial score (nSPS) is 37.6. The maximum Gasteiger partial charge on any atom is 0.0990 e. The molecule has 1 N–H and O–H groups in total. The fraction of sp³-hybridized carbons (Fsp3) is 1.00. The highest BCUT2D eigenvalue weighted by molar-refractivity contribution is 4.98. The van der Waals surface area contributed by atoms with Crippen LogP contribution in [0.5, 0.6) is 0 Å². The largest absolute Gasteiger partial charge is 0.374 e. The Hall–Kier alpha value is -0.120. The summed E-state index contributed by atoms with van der Waals surface area (Å²) >= 11 is 0. The highest BCUT2D eigenvalue weighted by atomic mass is 16.6. The summed E-state index contributed by atoms with van der Waals surface area (Å²) in [5.41, 5.74) is 0. The molecule has 0 aromatic rings. The second-order valence-corrected chi connectivity index (χ2v) is 6.45. The molecule has 2 rings (SSSR count). The van der Waals surface area contributed by atoms with Gasteiger partial charge < -0.3 is 14.8 Å². The van der Waals surface area contributed by atoms with Gasteiger partial charge in [-0.1, -0.05) is 33.1 Å². The van der Waals surface area contributed by atoms with Gasteiger partial charge in [-0.25, -0.2) is 0 Å². The Morgan fingerprint density at radius 2 is 1.95 bits per heavy atom. The molecule has 2 fully saturated rings. The molecule has 0 spiro atoms. The van der Waals surface area contributed by atoms with Crippen LogP contribution in [0.4, 0.5) is 0 Å². The lowest BCUT2D eigenvalue weighted by Gasteiger charge is -2.46. The van der Waals surface area contributed by atoms with E-state index < -0.39 is 0 Å². The third-order valence-corrected chi connectivity index (χ3v) is 4.94. The second-order valence-electron chi connectivity index (χ2n) is 6.45. The van der Waals surface area contributed by atoms with E-state index in [4.69, 9.17) is 9.47 Å². The van der Waals surface area contributed by atoms with Crippen molar-refractivity contribution in [3.05, 3.63) is 0 Å². The summed E-state index contributed by atoms with van der Waals surface area (Å²) < 4.78 is 12.3. The molecule has 0 aromatic carbocycles. The molecule has 0 aliphatic heterocycles. The zero-order valence-electron chi connectivity index (χ0n) is 13.6. The third kappa shape index (κ3) is 4.19. The van der Waals surface area contributed by atoms with E-state index in [2.05, 4.69) is 26.1 Å². The molecule has 0 amide bonds. The van der Waals surface area contributed by atoms with Gasteiger partial charge in [-0.15, -0.1) is 0 Å². The molecule has 0 saturated heterocycles. The van der Waals surface area contributed by atoms with Gasteiger partial charge in [0.2, 0.25) is 0 Å². The van der Waals surface area contributed by atoms with Gasteiger partial charge in [-0.3, -0.25) is 0 Å². The average molecular weight is 283 g/mol. The highest BCUT2D eigenvalue weighted by Gasteiger charge is 2.43. The van der Waals surface area contributed by atoms with E-state index in [0.717, 1.165) is 25.5 Å². The first-order valence-electron chi connectivity index (χ1n) is 8.78. The first-order chi connectivity index (χ1) is 9.78. The van der Waals surface area contributed by atoms with Crippen molar-refractivity contribution in [3.8, 4) is 0 Å². The Balaban J connectivity index is 1.77. The summed E-state index contributed by atoms with van der Waals surface area (Å²) in [7, 11) is 0. The molecule has 118 valence electrons. The maximum absolute atomic E-state index is 6.37. The van der Waals surface area contributed by atoms with Gasteiger partial charge in [0.15, 0.2) is 0 Å². The van der Waals surface area contributed by atoms with Crippen molar-refractivity contribution in [2.45, 2.75) is 90.1 Å². The summed E-state index contributed by atoms with van der Waals surface area (Å²) in [5.74, 6) is 0.883. The minimum atomic E-state index is 0.272. The third-order valence-electron chi connectivity index (χ3n) is 4.94. The molecule has 5 atom stereocenters. The summed E-state index contributed by atoms with van der Waals surface area (Å²) in [6, 6.07) is 0.505. The van der Waals surface area contributed by atoms with Gasteiger partial charge >= 0.3 is 0 Å². The molecule has 20 heavy (non-hydrogen) atoms. The van der Waals surface area contributed by atoms with Crippen LogP contribution in [-0.4, -0.2) is 37.5 Å². The number of nitrogens with one attached hydrogen (secondary N) is 1. The Kier molecular flexibility index (Phi) is 6.79. The fourth-order valence-corrected chi connectivity index (χ4v) is 3.64. The van der Waals surface area contributed by atoms with Crippen LogP contribution in [-0.2, 0) is 9.47 Å². The standard InChI is InChI=1S/C17H33NO2/c1-4-10-18-15-12-16(17(15)19-6-3)20-14-9-7-8-13(5-2)11-14/h13-18H,4-12H2,1-3H3. The number of hydrogen-bond donors (Lipinski definition) is 1. The molecule has 2 saturated carbocycles. The predicted molar refractivity (Wildman–Crippen MR) is 83.0 cm³/mol. The maximum atomic E-state index is 6.37. The smallest absolute Gasteiger partial charge is 0.0990 e. The first-order valence-corrected chi connectivity index (χ1v) is 8.78. The van der Waals surface area contributed by atoms with E-state index in [1.165, 1.54) is 38.5 Å². The topological polar surface area (TPSA) is 30.5 Å². The van der Waals surface area contributed by atoms with Crippen LogP contribution in [0.15, 0.2) is 0 Å². The average Bonchev–Trinajstić information content (AvgIpc) is 2.48. The molecule has 0 heterocycles. The molecule has 0 aromatic heterocycles. The first kappa shape index (κ1) is 16.3. The molecule has 3 nitrogen and oxygen atoms in total. The SMILES string of the molecule is CCCNC1CC(OC2CCCC(CC)C2)C1OCC. The Bertz CT molecular complexity index is 272. The van der Waals surface area contributed by atoms with Gasteiger partial charge in [0.05, 0.1) is 18.3 Å². The Morgan fingerprint density at radius 3 is 2.65 bits per heavy atom. The number of rotatable bonds is 8. The van der Waals surface area contributed by atoms with Crippen molar-refractivity contribution in [1.82, 2.24) is 5.32 Å². The molecule has 0 bridgehead atoms.